The summed E-state index contributed by atoms with van der Waals surface area (Å²) < 4.78 is 20.9. The van der Waals surface area contributed by atoms with Crippen molar-refractivity contribution in [1.29, 1.82) is 0 Å². The summed E-state index contributed by atoms with van der Waals surface area (Å²) in [5, 5.41) is 5.78. The minimum Gasteiger partial charge on any atom is -0.423 e. The van der Waals surface area contributed by atoms with Gasteiger partial charge in [0.05, 0.1) is 18.8 Å². The van der Waals surface area contributed by atoms with Crippen LogP contribution in [0.1, 0.15) is 13.3 Å². The molecule has 2 saturated heterocycles. The van der Waals surface area contributed by atoms with Gasteiger partial charge in [-0.05, 0) is 6.08 Å². The van der Waals surface area contributed by atoms with Crippen LogP contribution in [-0.2, 0) is 9.53 Å². The van der Waals surface area contributed by atoms with E-state index in [0.29, 0.717) is 18.8 Å². The smallest absolute Gasteiger partial charge is 0.414 e. The van der Waals surface area contributed by atoms with Crippen LogP contribution < -0.4 is 10.6 Å². The van der Waals surface area contributed by atoms with Gasteiger partial charge in [-0.2, -0.15) is 0 Å². The average molecular weight is 339 g/mol. The molecule has 9 heteroatoms. The number of carbonyl (C=O) groups excluding carboxylic acids is 2. The van der Waals surface area contributed by atoms with Crippen molar-refractivity contribution in [3.05, 3.63) is 11.8 Å². The van der Waals surface area contributed by atoms with Gasteiger partial charge in [-0.25, -0.2) is 9.18 Å². The van der Waals surface area contributed by atoms with Crippen molar-refractivity contribution in [1.82, 2.24) is 20.4 Å². The summed E-state index contributed by atoms with van der Waals surface area (Å²) in [5.41, 5.74) is 0.415. The zero-order valence-corrected chi connectivity index (χ0v) is 13.6. The summed E-state index contributed by atoms with van der Waals surface area (Å²) >= 11 is 0. The summed E-state index contributed by atoms with van der Waals surface area (Å²) in [6.07, 6.45) is 1.82. The number of alkyl halides is 1. The predicted octanol–water partition coefficient (Wildman–Crippen LogP) is -0.170. The molecule has 0 aliphatic carbocycles. The highest BCUT2D eigenvalue weighted by molar-refractivity contribution is 5.78. The van der Waals surface area contributed by atoms with Crippen molar-refractivity contribution in [3.63, 3.8) is 0 Å². The molecule has 0 bridgehead atoms. The maximum atomic E-state index is 15.8. The van der Waals surface area contributed by atoms with Crippen molar-refractivity contribution in [2.75, 3.05) is 39.3 Å². The lowest BCUT2D eigenvalue weighted by Gasteiger charge is -2.42. The minimum absolute atomic E-state index is 0.0416. The van der Waals surface area contributed by atoms with Crippen LogP contribution in [0.5, 0.6) is 0 Å². The van der Waals surface area contributed by atoms with Gasteiger partial charge >= 0.3 is 6.09 Å². The molecule has 8 nitrogen and oxygen atoms in total. The molecule has 3 aliphatic heterocycles. The molecule has 0 aromatic carbocycles. The van der Waals surface area contributed by atoms with Crippen molar-refractivity contribution in [3.8, 4) is 0 Å². The van der Waals surface area contributed by atoms with Crippen molar-refractivity contribution < 1.29 is 18.7 Å². The number of aliphatic imine (C=N–C) groups is 1. The summed E-state index contributed by atoms with van der Waals surface area (Å²) in [6.45, 7) is 4.30. The molecule has 3 rings (SSSR count). The quantitative estimate of drug-likeness (QED) is 0.695. The maximum Gasteiger partial charge on any atom is 0.414 e. The molecular weight excluding hydrogens is 317 g/mol. The molecule has 2 N–H and O–H groups in total. The van der Waals surface area contributed by atoms with E-state index in [1.54, 1.807) is 19.2 Å². The monoisotopic (exact) mass is 339 g/mol. The largest absolute Gasteiger partial charge is 0.423 e. The average Bonchev–Trinajstić information content (AvgIpc) is 2.97. The molecule has 0 spiro atoms. The van der Waals surface area contributed by atoms with E-state index in [1.165, 1.54) is 0 Å². The molecule has 2 atom stereocenters. The van der Waals surface area contributed by atoms with Gasteiger partial charge in [-0.3, -0.25) is 14.7 Å². The van der Waals surface area contributed by atoms with Crippen LogP contribution in [0.4, 0.5) is 9.18 Å². The number of hydrogen-bond acceptors (Lipinski definition) is 6. The van der Waals surface area contributed by atoms with Crippen LogP contribution in [0.2, 0.25) is 0 Å². The van der Waals surface area contributed by atoms with Gasteiger partial charge in [-0.1, -0.05) is 6.92 Å². The molecular formula is C15H22FN5O3. The van der Waals surface area contributed by atoms with E-state index < -0.39 is 18.1 Å². The molecule has 2 amide bonds. The first kappa shape index (κ1) is 16.7. The summed E-state index contributed by atoms with van der Waals surface area (Å²) in [7, 11) is 0. The van der Waals surface area contributed by atoms with Gasteiger partial charge in [0.25, 0.3) is 0 Å². The molecule has 1 unspecified atom stereocenters. The number of amides is 2. The topological polar surface area (TPSA) is 86.3 Å². The lowest BCUT2D eigenvalue weighted by Crippen LogP contribution is -2.57. The van der Waals surface area contributed by atoms with E-state index in [1.807, 2.05) is 4.90 Å². The van der Waals surface area contributed by atoms with Crippen LogP contribution in [0.3, 0.4) is 0 Å². The molecule has 24 heavy (non-hydrogen) atoms. The number of nitrogens with zero attached hydrogens (tertiary/aromatic N) is 3. The Morgan fingerprint density at radius 1 is 1.54 bits per heavy atom. The fourth-order valence-corrected chi connectivity index (χ4v) is 3.09. The first-order valence-electron chi connectivity index (χ1n) is 8.17. The number of nitrogens with one attached hydrogen (secondary N) is 2. The summed E-state index contributed by atoms with van der Waals surface area (Å²) in [4.78, 5) is 30.6. The highest BCUT2D eigenvalue weighted by atomic mass is 19.1. The van der Waals surface area contributed by atoms with Crippen LogP contribution in [0.15, 0.2) is 16.8 Å². The van der Waals surface area contributed by atoms with Crippen molar-refractivity contribution in [2.24, 2.45) is 4.99 Å². The summed E-state index contributed by atoms with van der Waals surface area (Å²) in [6, 6.07) is 0. The van der Waals surface area contributed by atoms with E-state index in [2.05, 4.69) is 15.6 Å². The van der Waals surface area contributed by atoms with Gasteiger partial charge in [0.15, 0.2) is 6.23 Å². The Morgan fingerprint density at radius 3 is 3.00 bits per heavy atom. The second-order valence-corrected chi connectivity index (χ2v) is 5.94. The number of piperazine rings is 1. The summed E-state index contributed by atoms with van der Waals surface area (Å²) in [5.74, 6) is -2.31. The van der Waals surface area contributed by atoms with E-state index in [9.17, 15) is 9.59 Å². The van der Waals surface area contributed by atoms with Crippen molar-refractivity contribution in [2.45, 2.75) is 25.4 Å². The SMILES string of the molecule is CCC(=O)N[C@@H]1CN(C2(F)CN=CC=C2N2CCNCC2)C(=O)O1. The molecule has 132 valence electrons. The van der Waals surface area contributed by atoms with Crippen molar-refractivity contribution >= 4 is 18.2 Å². The van der Waals surface area contributed by atoms with Gasteiger partial charge in [0, 0.05) is 38.8 Å². The molecule has 0 radical (unpaired) electrons. The van der Waals surface area contributed by atoms with Gasteiger partial charge in [0.1, 0.15) is 0 Å². The molecule has 2 fully saturated rings. The predicted molar refractivity (Wildman–Crippen MR) is 85.1 cm³/mol. The Labute approximate surface area is 139 Å². The molecule has 3 heterocycles. The first-order valence-corrected chi connectivity index (χ1v) is 8.17. The van der Waals surface area contributed by atoms with Crippen LogP contribution in [0.25, 0.3) is 0 Å². The zero-order chi connectivity index (χ0) is 17.2. The fraction of sp³-hybridized carbons (Fsp3) is 0.667. The number of dihydropyridines is 1. The number of rotatable bonds is 4. The second kappa shape index (κ2) is 6.76. The third-order valence-electron chi connectivity index (χ3n) is 4.37. The number of carbonyl (C=O) groups is 2. The van der Waals surface area contributed by atoms with Crippen LogP contribution in [0, 0.1) is 0 Å². The van der Waals surface area contributed by atoms with Gasteiger partial charge < -0.3 is 20.3 Å². The second-order valence-electron chi connectivity index (χ2n) is 5.94. The highest BCUT2D eigenvalue weighted by Crippen LogP contribution is 2.34. The Hall–Kier alpha value is -2.16. The maximum absolute atomic E-state index is 15.8. The Morgan fingerprint density at radius 2 is 2.29 bits per heavy atom. The number of cyclic esters (lactones) is 1. The lowest BCUT2D eigenvalue weighted by molar-refractivity contribution is -0.123. The number of allylic oxidation sites excluding steroid dienone is 1. The van der Waals surface area contributed by atoms with Gasteiger partial charge in [0.2, 0.25) is 11.7 Å². The standard InChI is InChI=1S/C15H22FN5O3/c1-2-12(22)19-13-9-21(14(23)24-13)15(16)10-18-4-3-11(15)20-7-5-17-6-8-20/h3-4,13,17H,2,5-10H2,1H3,(H,19,22)/t13-,15?/m0/s1. The minimum atomic E-state index is -2.06. The molecule has 0 saturated carbocycles. The molecule has 0 aromatic heterocycles. The number of halogens is 1. The van der Waals surface area contributed by atoms with E-state index in [0.717, 1.165) is 18.0 Å². The highest BCUT2D eigenvalue weighted by Gasteiger charge is 2.51. The van der Waals surface area contributed by atoms with Crippen LogP contribution >= 0.6 is 0 Å². The Bertz CT molecular complexity index is 575. The van der Waals surface area contributed by atoms with Gasteiger partial charge in [-0.15, -0.1) is 0 Å². The number of ether oxygens (including phenoxy) is 1. The van der Waals surface area contributed by atoms with Crippen LogP contribution in [-0.4, -0.2) is 79.3 Å². The van der Waals surface area contributed by atoms with E-state index in [4.69, 9.17) is 4.74 Å². The Kier molecular flexibility index (Phi) is 4.70. The van der Waals surface area contributed by atoms with E-state index >= 15 is 4.39 Å². The molecule has 3 aliphatic rings. The number of hydrogen-bond donors (Lipinski definition) is 2. The third kappa shape index (κ3) is 3.08. The zero-order valence-electron chi connectivity index (χ0n) is 13.6. The van der Waals surface area contributed by atoms with E-state index in [-0.39, 0.29) is 25.4 Å². The fourth-order valence-electron chi connectivity index (χ4n) is 3.09. The normalized spacial score (nSPS) is 30.2. The Balaban J connectivity index is 1.78. The first-order chi connectivity index (χ1) is 11.5. The molecule has 0 aromatic rings. The third-order valence-corrected chi connectivity index (χ3v) is 4.37. The lowest BCUT2D eigenvalue weighted by atomic mass is 10.0.